The molecular formula is C26H30N2O6S. The van der Waals surface area contributed by atoms with E-state index < -0.39 is 29.0 Å². The molecule has 3 atom stereocenters. The van der Waals surface area contributed by atoms with Crippen molar-refractivity contribution in [3.8, 4) is 5.75 Å². The molecule has 4 rings (SSSR count). The standard InChI is InChI=1S/C26H30N2O6S/c1-33-20-11-13-21(14-12-20)35(32)18-24(29)22-9-5-15-27(22)25(30)23-10-6-16-28(23)26(31)34-17-19-7-3-2-4-8-19/h2-4,7-8,11-14,22-23H,5-6,9-10,15-18H2,1H3/t22-,23-,35-/m0/s1. The number of benzene rings is 2. The number of Topliss-reactive ketones (excluding diaryl/α,β-unsaturated/α-hetero) is 1. The van der Waals surface area contributed by atoms with Crippen molar-refractivity contribution in [2.45, 2.75) is 49.3 Å². The van der Waals surface area contributed by atoms with Crippen LogP contribution in [-0.4, -0.2) is 69.8 Å². The molecule has 2 aromatic rings. The van der Waals surface area contributed by atoms with Gasteiger partial charge in [0.2, 0.25) is 5.91 Å². The fraction of sp³-hybridized carbons (Fsp3) is 0.423. The largest absolute Gasteiger partial charge is 0.497 e. The molecule has 0 N–H and O–H groups in total. The zero-order valence-electron chi connectivity index (χ0n) is 19.8. The van der Waals surface area contributed by atoms with Crippen LogP contribution < -0.4 is 4.74 Å². The predicted octanol–water partition coefficient (Wildman–Crippen LogP) is 3.16. The van der Waals surface area contributed by atoms with Gasteiger partial charge in [-0.1, -0.05) is 30.3 Å². The summed E-state index contributed by atoms with van der Waals surface area (Å²) in [4.78, 5) is 42.8. The first kappa shape index (κ1) is 24.9. The smallest absolute Gasteiger partial charge is 0.410 e. The SMILES string of the molecule is COc1ccc([S@@](=O)CC(=O)[C@@H]2CCCN2C(=O)[C@@H]2CCCN2C(=O)OCc2ccccc2)cc1. The topological polar surface area (TPSA) is 93.2 Å². The third kappa shape index (κ3) is 5.90. The quantitative estimate of drug-likeness (QED) is 0.555. The molecule has 0 spiro atoms. The van der Waals surface area contributed by atoms with E-state index in [1.165, 1.54) is 4.90 Å². The van der Waals surface area contributed by atoms with Gasteiger partial charge in [-0.2, -0.15) is 0 Å². The fourth-order valence-electron chi connectivity index (χ4n) is 4.64. The van der Waals surface area contributed by atoms with Gasteiger partial charge < -0.3 is 14.4 Å². The lowest BCUT2D eigenvalue weighted by atomic mass is 10.1. The van der Waals surface area contributed by atoms with Gasteiger partial charge in [0, 0.05) is 18.0 Å². The molecule has 0 bridgehead atoms. The van der Waals surface area contributed by atoms with E-state index in [-0.39, 0.29) is 24.1 Å². The highest BCUT2D eigenvalue weighted by atomic mass is 32.2. The van der Waals surface area contributed by atoms with Crippen molar-refractivity contribution in [1.82, 2.24) is 9.80 Å². The summed E-state index contributed by atoms with van der Waals surface area (Å²) >= 11 is 0. The molecule has 0 aliphatic carbocycles. The number of hydrogen-bond donors (Lipinski definition) is 0. The van der Waals surface area contributed by atoms with Crippen LogP contribution in [0.1, 0.15) is 31.2 Å². The van der Waals surface area contributed by atoms with E-state index in [9.17, 15) is 18.6 Å². The molecule has 0 unspecified atom stereocenters. The molecule has 0 aromatic heterocycles. The average molecular weight is 499 g/mol. The summed E-state index contributed by atoms with van der Waals surface area (Å²) in [6.07, 6.45) is 1.95. The molecule has 2 aliphatic rings. The Morgan fingerprint density at radius 1 is 0.914 bits per heavy atom. The summed E-state index contributed by atoms with van der Waals surface area (Å²) < 4.78 is 23.3. The van der Waals surface area contributed by atoms with Crippen LogP contribution in [0.25, 0.3) is 0 Å². The molecule has 2 fully saturated rings. The molecule has 9 heteroatoms. The number of ketones is 1. The van der Waals surface area contributed by atoms with Crippen LogP contribution in [0.2, 0.25) is 0 Å². The maximum Gasteiger partial charge on any atom is 0.410 e. The molecule has 0 radical (unpaired) electrons. The lowest BCUT2D eigenvalue weighted by Crippen LogP contribution is -2.51. The number of carbonyl (C=O) groups is 3. The maximum atomic E-state index is 13.4. The van der Waals surface area contributed by atoms with Crippen LogP contribution >= 0.6 is 0 Å². The highest BCUT2D eigenvalue weighted by molar-refractivity contribution is 7.85. The number of carbonyl (C=O) groups excluding carboxylic acids is 3. The van der Waals surface area contributed by atoms with Crippen LogP contribution in [-0.2, 0) is 31.7 Å². The van der Waals surface area contributed by atoms with Gasteiger partial charge in [0.15, 0.2) is 5.78 Å². The number of hydrogen-bond acceptors (Lipinski definition) is 6. The Morgan fingerprint density at radius 3 is 2.26 bits per heavy atom. The van der Waals surface area contributed by atoms with E-state index in [0.29, 0.717) is 49.4 Å². The van der Waals surface area contributed by atoms with E-state index in [2.05, 4.69) is 0 Å². The predicted molar refractivity (Wildman–Crippen MR) is 130 cm³/mol. The van der Waals surface area contributed by atoms with E-state index in [1.54, 1.807) is 36.3 Å². The number of nitrogens with zero attached hydrogens (tertiary/aromatic N) is 2. The minimum absolute atomic E-state index is 0.138. The van der Waals surface area contributed by atoms with Crippen molar-refractivity contribution in [3.05, 3.63) is 60.2 Å². The van der Waals surface area contributed by atoms with Crippen molar-refractivity contribution in [2.24, 2.45) is 0 Å². The van der Waals surface area contributed by atoms with Gasteiger partial charge in [-0.25, -0.2) is 4.79 Å². The molecule has 2 heterocycles. The first-order valence-electron chi connectivity index (χ1n) is 11.8. The minimum atomic E-state index is -1.51. The molecule has 0 saturated carbocycles. The summed E-state index contributed by atoms with van der Waals surface area (Å²) in [5, 5.41) is 0. The van der Waals surface area contributed by atoms with Crippen LogP contribution in [0.3, 0.4) is 0 Å². The molecule has 8 nitrogen and oxygen atoms in total. The first-order chi connectivity index (χ1) is 17.0. The summed E-state index contributed by atoms with van der Waals surface area (Å²) in [6.45, 7) is 1.03. The summed E-state index contributed by atoms with van der Waals surface area (Å²) in [6, 6.07) is 14.9. The Balaban J connectivity index is 1.36. The van der Waals surface area contributed by atoms with Gasteiger partial charge in [-0.3, -0.25) is 18.7 Å². The van der Waals surface area contributed by atoms with E-state index >= 15 is 0 Å². The van der Waals surface area contributed by atoms with Gasteiger partial charge >= 0.3 is 6.09 Å². The number of likely N-dealkylation sites (tertiary alicyclic amines) is 2. The normalized spacial score (nSPS) is 20.5. The molecule has 2 amide bonds. The van der Waals surface area contributed by atoms with Crippen LogP contribution in [0, 0.1) is 0 Å². The monoisotopic (exact) mass is 498 g/mol. The zero-order chi connectivity index (χ0) is 24.8. The number of ether oxygens (including phenoxy) is 2. The summed E-state index contributed by atoms with van der Waals surface area (Å²) in [5.74, 6) is 0.0355. The van der Waals surface area contributed by atoms with Crippen LogP contribution in [0.5, 0.6) is 5.75 Å². The van der Waals surface area contributed by atoms with Crippen molar-refractivity contribution < 1.29 is 28.1 Å². The second-order valence-electron chi connectivity index (χ2n) is 8.71. The van der Waals surface area contributed by atoms with Gasteiger partial charge in [-0.05, 0) is 55.5 Å². The average Bonchev–Trinajstić information content (AvgIpc) is 3.58. The maximum absolute atomic E-state index is 13.4. The molecule has 2 aliphatic heterocycles. The summed E-state index contributed by atoms with van der Waals surface area (Å²) in [5.41, 5.74) is 0.873. The molecule has 35 heavy (non-hydrogen) atoms. The molecule has 2 saturated heterocycles. The second kappa shape index (κ2) is 11.5. The lowest BCUT2D eigenvalue weighted by Gasteiger charge is -2.30. The van der Waals surface area contributed by atoms with Gasteiger partial charge in [-0.15, -0.1) is 0 Å². The van der Waals surface area contributed by atoms with Gasteiger partial charge in [0.1, 0.15) is 18.4 Å². The fourth-order valence-corrected chi connectivity index (χ4v) is 5.69. The second-order valence-corrected chi connectivity index (χ2v) is 10.2. The molecule has 2 aromatic carbocycles. The molecule has 186 valence electrons. The highest BCUT2D eigenvalue weighted by Crippen LogP contribution is 2.26. The lowest BCUT2D eigenvalue weighted by molar-refractivity contribution is -0.140. The van der Waals surface area contributed by atoms with Gasteiger partial charge in [0.25, 0.3) is 0 Å². The Labute approximate surface area is 207 Å². The van der Waals surface area contributed by atoms with Crippen molar-refractivity contribution in [1.29, 1.82) is 0 Å². The van der Waals surface area contributed by atoms with Crippen molar-refractivity contribution >= 4 is 28.6 Å². The zero-order valence-corrected chi connectivity index (χ0v) is 20.6. The third-order valence-corrected chi connectivity index (χ3v) is 7.83. The van der Waals surface area contributed by atoms with Crippen LogP contribution in [0.4, 0.5) is 4.79 Å². The Hall–Kier alpha value is -3.20. The Kier molecular flexibility index (Phi) is 8.17. The number of methoxy groups -OCH3 is 1. The van der Waals surface area contributed by atoms with E-state index in [0.717, 1.165) is 5.56 Å². The first-order valence-corrected chi connectivity index (χ1v) is 13.1. The molecular weight excluding hydrogens is 468 g/mol. The Bertz CT molecular complexity index is 1080. The highest BCUT2D eigenvalue weighted by Gasteiger charge is 2.42. The minimum Gasteiger partial charge on any atom is -0.497 e. The van der Waals surface area contributed by atoms with E-state index in [4.69, 9.17) is 9.47 Å². The van der Waals surface area contributed by atoms with Crippen LogP contribution in [0.15, 0.2) is 59.5 Å². The Morgan fingerprint density at radius 2 is 1.57 bits per heavy atom. The van der Waals surface area contributed by atoms with Gasteiger partial charge in [0.05, 0.1) is 29.7 Å². The number of amides is 2. The van der Waals surface area contributed by atoms with Crippen molar-refractivity contribution in [2.75, 3.05) is 26.0 Å². The number of rotatable bonds is 8. The third-order valence-electron chi connectivity index (χ3n) is 6.48. The van der Waals surface area contributed by atoms with Crippen molar-refractivity contribution in [3.63, 3.8) is 0 Å². The van der Waals surface area contributed by atoms with E-state index in [1.807, 2.05) is 30.3 Å². The summed E-state index contributed by atoms with van der Waals surface area (Å²) in [7, 11) is 0.0385.